The van der Waals surface area contributed by atoms with Crippen LogP contribution in [0.2, 0.25) is 0 Å². The lowest BCUT2D eigenvalue weighted by molar-refractivity contribution is -0.160. The van der Waals surface area contributed by atoms with Gasteiger partial charge < -0.3 is 19.3 Å². The van der Waals surface area contributed by atoms with E-state index in [1.807, 2.05) is 0 Å². The van der Waals surface area contributed by atoms with Crippen LogP contribution < -0.4 is 0 Å². The summed E-state index contributed by atoms with van der Waals surface area (Å²) in [5, 5.41) is 0. The van der Waals surface area contributed by atoms with Crippen molar-refractivity contribution in [2.45, 2.75) is 33.4 Å². The number of hydrogen-bond donors (Lipinski definition) is 2. The minimum Gasteiger partial charge on any atom is -0.466 e. The van der Waals surface area contributed by atoms with Gasteiger partial charge in [-0.25, -0.2) is 0 Å². The molecule has 0 spiro atoms. The molecule has 0 fully saturated rings. The van der Waals surface area contributed by atoms with Gasteiger partial charge in [0.05, 0.1) is 18.6 Å². The number of rotatable bonds is 6. The van der Waals surface area contributed by atoms with E-state index in [4.69, 9.17) is 4.74 Å². The SMILES string of the molecule is CCOC(=O)C(C(C)(C)C(=O)OCC)P(=O)(O)O. The van der Waals surface area contributed by atoms with Gasteiger partial charge in [-0.05, 0) is 27.7 Å². The monoisotopic (exact) mass is 282 g/mol. The maximum Gasteiger partial charge on any atom is 0.340 e. The van der Waals surface area contributed by atoms with Crippen LogP contribution in [0.4, 0.5) is 0 Å². The highest BCUT2D eigenvalue weighted by atomic mass is 31.2. The number of hydrogen-bond acceptors (Lipinski definition) is 5. The summed E-state index contributed by atoms with van der Waals surface area (Å²) in [6, 6.07) is 0. The first-order chi connectivity index (χ1) is 8.08. The molecule has 0 aromatic carbocycles. The molecular weight excluding hydrogens is 263 g/mol. The molecule has 1 unspecified atom stereocenters. The maximum atomic E-state index is 11.7. The molecule has 0 aliphatic rings. The third-order valence-electron chi connectivity index (χ3n) is 2.33. The Bertz CT molecular complexity index is 357. The number of esters is 2. The minimum absolute atomic E-state index is 0.0335. The first-order valence-corrected chi connectivity index (χ1v) is 7.16. The molecule has 0 rings (SSSR count). The molecular formula is C10H19O7P. The Morgan fingerprint density at radius 2 is 1.61 bits per heavy atom. The van der Waals surface area contributed by atoms with Crippen LogP contribution in [-0.2, 0) is 23.6 Å². The van der Waals surface area contributed by atoms with Gasteiger partial charge in [0.15, 0.2) is 5.66 Å². The van der Waals surface area contributed by atoms with Crippen molar-refractivity contribution in [3.63, 3.8) is 0 Å². The van der Waals surface area contributed by atoms with E-state index in [1.54, 1.807) is 6.92 Å². The third-order valence-corrected chi connectivity index (χ3v) is 3.86. The Kier molecular flexibility index (Phi) is 5.99. The van der Waals surface area contributed by atoms with Crippen molar-refractivity contribution in [1.82, 2.24) is 0 Å². The molecule has 0 aliphatic carbocycles. The Morgan fingerprint density at radius 3 is 1.94 bits per heavy atom. The maximum absolute atomic E-state index is 11.7. The molecule has 7 nitrogen and oxygen atoms in total. The van der Waals surface area contributed by atoms with Crippen molar-refractivity contribution in [2.24, 2.45) is 5.41 Å². The zero-order valence-electron chi connectivity index (χ0n) is 10.9. The zero-order chi connectivity index (χ0) is 14.6. The van der Waals surface area contributed by atoms with E-state index in [-0.39, 0.29) is 13.2 Å². The first-order valence-electron chi connectivity index (χ1n) is 5.48. The normalized spacial score (nSPS) is 13.9. The second kappa shape index (κ2) is 6.31. The quantitative estimate of drug-likeness (QED) is 0.544. The lowest BCUT2D eigenvalue weighted by Gasteiger charge is -2.30. The topological polar surface area (TPSA) is 110 Å². The van der Waals surface area contributed by atoms with Crippen molar-refractivity contribution >= 4 is 19.5 Å². The fourth-order valence-electron chi connectivity index (χ4n) is 1.50. The second-order valence-corrected chi connectivity index (χ2v) is 5.88. The smallest absolute Gasteiger partial charge is 0.340 e. The average Bonchev–Trinajstić information content (AvgIpc) is 2.15. The molecule has 0 saturated heterocycles. The van der Waals surface area contributed by atoms with E-state index in [2.05, 4.69) is 4.74 Å². The van der Waals surface area contributed by atoms with Gasteiger partial charge >= 0.3 is 19.5 Å². The van der Waals surface area contributed by atoms with Gasteiger partial charge in [-0.2, -0.15) is 0 Å². The van der Waals surface area contributed by atoms with E-state index in [0.29, 0.717) is 0 Å². The van der Waals surface area contributed by atoms with Crippen molar-refractivity contribution in [1.29, 1.82) is 0 Å². The van der Waals surface area contributed by atoms with Crippen LogP contribution in [0.3, 0.4) is 0 Å². The predicted molar refractivity (Wildman–Crippen MR) is 62.9 cm³/mol. The average molecular weight is 282 g/mol. The van der Waals surface area contributed by atoms with E-state index in [0.717, 1.165) is 0 Å². The highest BCUT2D eigenvalue weighted by molar-refractivity contribution is 7.53. The van der Waals surface area contributed by atoms with Gasteiger partial charge in [-0.15, -0.1) is 0 Å². The molecule has 0 aromatic heterocycles. The highest BCUT2D eigenvalue weighted by Crippen LogP contribution is 2.50. The summed E-state index contributed by atoms with van der Waals surface area (Å²) in [6.07, 6.45) is 0. The Labute approximate surface area is 106 Å². The summed E-state index contributed by atoms with van der Waals surface area (Å²) in [7, 11) is -4.84. The lowest BCUT2D eigenvalue weighted by Crippen LogP contribution is -2.44. The fraction of sp³-hybridized carbons (Fsp3) is 0.800. The Morgan fingerprint density at radius 1 is 1.17 bits per heavy atom. The standard InChI is InChI=1S/C10H19O7P/c1-5-16-8(11)7(18(13,14)15)10(3,4)9(12)17-6-2/h7H,5-6H2,1-4H3,(H2,13,14,15). The van der Waals surface area contributed by atoms with Crippen LogP contribution >= 0.6 is 7.60 Å². The minimum atomic E-state index is -4.84. The number of ether oxygens (including phenoxy) is 2. The van der Waals surface area contributed by atoms with E-state index >= 15 is 0 Å². The molecule has 0 aromatic rings. The van der Waals surface area contributed by atoms with Crippen LogP contribution in [0, 0.1) is 5.41 Å². The van der Waals surface area contributed by atoms with Gasteiger partial charge in [0.25, 0.3) is 0 Å². The van der Waals surface area contributed by atoms with Crippen molar-refractivity contribution in [3.8, 4) is 0 Å². The van der Waals surface area contributed by atoms with Gasteiger partial charge in [0.2, 0.25) is 0 Å². The van der Waals surface area contributed by atoms with E-state index in [1.165, 1.54) is 20.8 Å². The summed E-state index contributed by atoms with van der Waals surface area (Å²) in [4.78, 5) is 41.8. The van der Waals surface area contributed by atoms with Crippen LogP contribution in [0.15, 0.2) is 0 Å². The molecule has 0 saturated carbocycles. The lowest BCUT2D eigenvalue weighted by atomic mass is 9.89. The zero-order valence-corrected chi connectivity index (χ0v) is 11.8. The van der Waals surface area contributed by atoms with Gasteiger partial charge in [0, 0.05) is 0 Å². The van der Waals surface area contributed by atoms with E-state index in [9.17, 15) is 23.9 Å². The first kappa shape index (κ1) is 17.1. The predicted octanol–water partition coefficient (Wildman–Crippen LogP) is 0.685. The molecule has 0 heterocycles. The molecule has 0 bridgehead atoms. The Hall–Kier alpha value is -0.910. The summed E-state index contributed by atoms with van der Waals surface area (Å²) < 4.78 is 20.7. The molecule has 8 heteroatoms. The largest absolute Gasteiger partial charge is 0.466 e. The van der Waals surface area contributed by atoms with Crippen LogP contribution in [0.25, 0.3) is 0 Å². The fourth-order valence-corrected chi connectivity index (χ4v) is 2.80. The van der Waals surface area contributed by atoms with Crippen LogP contribution in [0.1, 0.15) is 27.7 Å². The molecule has 18 heavy (non-hydrogen) atoms. The van der Waals surface area contributed by atoms with Crippen LogP contribution in [0.5, 0.6) is 0 Å². The molecule has 0 aliphatic heterocycles. The molecule has 0 amide bonds. The van der Waals surface area contributed by atoms with E-state index < -0.39 is 30.6 Å². The second-order valence-electron chi connectivity index (χ2n) is 4.19. The number of carbonyl (C=O) groups is 2. The number of carbonyl (C=O) groups excluding carboxylic acids is 2. The third kappa shape index (κ3) is 4.08. The summed E-state index contributed by atoms with van der Waals surface area (Å²) in [6.45, 7) is 5.57. The molecule has 2 N–H and O–H groups in total. The molecule has 1 atom stereocenters. The Balaban J connectivity index is 5.38. The van der Waals surface area contributed by atoms with Gasteiger partial charge in [0.1, 0.15) is 0 Å². The van der Waals surface area contributed by atoms with Crippen molar-refractivity contribution in [2.75, 3.05) is 13.2 Å². The van der Waals surface area contributed by atoms with Gasteiger partial charge in [-0.3, -0.25) is 14.2 Å². The highest BCUT2D eigenvalue weighted by Gasteiger charge is 2.53. The molecule has 0 radical (unpaired) electrons. The van der Waals surface area contributed by atoms with Crippen molar-refractivity contribution in [3.05, 3.63) is 0 Å². The molecule has 106 valence electrons. The summed E-state index contributed by atoms with van der Waals surface area (Å²) in [5.41, 5.74) is -3.54. The van der Waals surface area contributed by atoms with Gasteiger partial charge in [-0.1, -0.05) is 0 Å². The summed E-state index contributed by atoms with van der Waals surface area (Å²) in [5.74, 6) is -1.96. The van der Waals surface area contributed by atoms with Crippen LogP contribution in [-0.4, -0.2) is 40.6 Å². The van der Waals surface area contributed by atoms with Crippen molar-refractivity contribution < 1.29 is 33.4 Å². The summed E-state index contributed by atoms with van der Waals surface area (Å²) >= 11 is 0.